The highest BCUT2D eigenvalue weighted by molar-refractivity contribution is 6.00. The van der Waals surface area contributed by atoms with Crippen LogP contribution in [0, 0.1) is 6.92 Å². The quantitative estimate of drug-likeness (QED) is 0.690. The van der Waals surface area contributed by atoms with Crippen LogP contribution >= 0.6 is 0 Å². The molecule has 18 heavy (non-hydrogen) atoms. The monoisotopic (exact) mass is 245 g/mol. The molecule has 2 aliphatic heterocycles. The number of hydrogen-bond acceptors (Lipinski definition) is 4. The van der Waals surface area contributed by atoms with Gasteiger partial charge in [-0.1, -0.05) is 0 Å². The third-order valence-electron chi connectivity index (χ3n) is 4.64. The molecule has 0 aromatic carbocycles. The number of guanidine groups is 1. The molecule has 5 heteroatoms. The molecular weight excluding hydrogens is 226 g/mol. The molecule has 3 heterocycles. The summed E-state index contributed by atoms with van der Waals surface area (Å²) in [4.78, 5) is 14.3. The van der Waals surface area contributed by atoms with Crippen molar-refractivity contribution < 1.29 is 0 Å². The molecule has 0 radical (unpaired) electrons. The molecule has 4 rings (SSSR count). The third-order valence-corrected chi connectivity index (χ3v) is 4.64. The van der Waals surface area contributed by atoms with Gasteiger partial charge >= 0.3 is 0 Å². The summed E-state index contributed by atoms with van der Waals surface area (Å²) >= 11 is 0. The van der Waals surface area contributed by atoms with Crippen molar-refractivity contribution >= 4 is 11.8 Å². The SMILES string of the molecule is Cc1nc2c(n1C)CN(C)C1=N[C@@H]3CCC[C@@H]3N12. The number of anilines is 1. The minimum absolute atomic E-state index is 0.496. The van der Waals surface area contributed by atoms with E-state index in [9.17, 15) is 0 Å². The lowest BCUT2D eigenvalue weighted by molar-refractivity contribution is 0.458. The topological polar surface area (TPSA) is 36.7 Å². The largest absolute Gasteiger partial charge is 0.340 e. The van der Waals surface area contributed by atoms with Gasteiger partial charge in [0.05, 0.1) is 24.3 Å². The molecule has 2 atom stereocenters. The van der Waals surface area contributed by atoms with Crippen molar-refractivity contribution in [1.29, 1.82) is 0 Å². The van der Waals surface area contributed by atoms with E-state index in [0.29, 0.717) is 12.1 Å². The Kier molecular flexibility index (Phi) is 1.89. The number of aliphatic imine (C=N–C) groups is 1. The highest BCUT2D eigenvalue weighted by Gasteiger charge is 2.45. The zero-order valence-electron chi connectivity index (χ0n) is 11.2. The fourth-order valence-corrected chi connectivity index (χ4v) is 3.57. The summed E-state index contributed by atoms with van der Waals surface area (Å²) < 4.78 is 2.21. The number of nitrogens with zero attached hydrogens (tertiary/aromatic N) is 5. The van der Waals surface area contributed by atoms with Crippen LogP contribution in [0.3, 0.4) is 0 Å². The number of aromatic nitrogens is 2. The van der Waals surface area contributed by atoms with Gasteiger partial charge in [-0.3, -0.25) is 4.90 Å². The van der Waals surface area contributed by atoms with E-state index in [1.165, 1.54) is 25.0 Å². The first-order chi connectivity index (χ1) is 8.66. The first kappa shape index (κ1) is 10.4. The van der Waals surface area contributed by atoms with Gasteiger partial charge in [-0.15, -0.1) is 0 Å². The van der Waals surface area contributed by atoms with Crippen LogP contribution in [-0.4, -0.2) is 39.5 Å². The first-order valence-corrected chi connectivity index (χ1v) is 6.77. The van der Waals surface area contributed by atoms with E-state index < -0.39 is 0 Å². The summed E-state index contributed by atoms with van der Waals surface area (Å²) in [6.45, 7) is 3.00. The van der Waals surface area contributed by atoms with Crippen molar-refractivity contribution in [2.45, 2.75) is 44.8 Å². The molecule has 1 aliphatic carbocycles. The van der Waals surface area contributed by atoms with Gasteiger partial charge in [0.2, 0.25) is 5.96 Å². The third kappa shape index (κ3) is 1.12. The number of rotatable bonds is 0. The van der Waals surface area contributed by atoms with Crippen molar-refractivity contribution in [2.24, 2.45) is 12.0 Å². The van der Waals surface area contributed by atoms with Crippen molar-refractivity contribution in [3.05, 3.63) is 11.5 Å². The standard InChI is InChI=1S/C13H19N5/c1-8-14-12-11(17(8)3)7-16(2)13-15-9-5-4-6-10(9)18(12)13/h9-10H,4-7H2,1-3H3/t9-,10+/m1/s1. The second kappa shape index (κ2) is 3.28. The van der Waals surface area contributed by atoms with Gasteiger partial charge in [0, 0.05) is 14.1 Å². The molecule has 1 aromatic rings. The fraction of sp³-hybridized carbons (Fsp3) is 0.692. The zero-order valence-corrected chi connectivity index (χ0v) is 11.2. The molecule has 1 aromatic heterocycles. The van der Waals surface area contributed by atoms with Gasteiger partial charge in [-0.2, -0.15) is 0 Å². The van der Waals surface area contributed by atoms with Gasteiger partial charge in [0.15, 0.2) is 5.82 Å². The number of hydrogen-bond donors (Lipinski definition) is 0. The smallest absolute Gasteiger partial charge is 0.203 e. The Labute approximate surface area is 107 Å². The van der Waals surface area contributed by atoms with E-state index in [4.69, 9.17) is 9.98 Å². The second-order valence-corrected chi connectivity index (χ2v) is 5.71. The number of fused-ring (bicyclic) bond motifs is 5. The fourth-order valence-electron chi connectivity index (χ4n) is 3.57. The minimum Gasteiger partial charge on any atom is -0.340 e. The van der Waals surface area contributed by atoms with Crippen LogP contribution in [0.5, 0.6) is 0 Å². The molecule has 3 aliphatic rings. The van der Waals surface area contributed by atoms with E-state index in [1.807, 2.05) is 0 Å². The van der Waals surface area contributed by atoms with Crippen LogP contribution in [0.2, 0.25) is 0 Å². The van der Waals surface area contributed by atoms with Crippen LogP contribution in [0.1, 0.15) is 30.8 Å². The molecule has 0 bridgehead atoms. The second-order valence-electron chi connectivity index (χ2n) is 5.71. The van der Waals surface area contributed by atoms with Crippen molar-refractivity contribution in [3.8, 4) is 0 Å². The Morgan fingerprint density at radius 2 is 2.06 bits per heavy atom. The van der Waals surface area contributed by atoms with E-state index >= 15 is 0 Å². The molecular formula is C13H19N5. The minimum atomic E-state index is 0.496. The van der Waals surface area contributed by atoms with Crippen LogP contribution in [0.25, 0.3) is 0 Å². The molecule has 0 spiro atoms. The van der Waals surface area contributed by atoms with Crippen molar-refractivity contribution in [2.75, 3.05) is 11.9 Å². The number of imidazole rings is 1. The summed E-state index contributed by atoms with van der Waals surface area (Å²) in [5.41, 5.74) is 1.32. The average molecular weight is 245 g/mol. The molecule has 0 N–H and O–H groups in total. The predicted molar refractivity (Wildman–Crippen MR) is 70.8 cm³/mol. The molecule has 0 amide bonds. The average Bonchev–Trinajstić information content (AvgIpc) is 2.96. The molecule has 0 saturated heterocycles. The first-order valence-electron chi connectivity index (χ1n) is 6.77. The highest BCUT2D eigenvalue weighted by Crippen LogP contribution is 2.39. The van der Waals surface area contributed by atoms with Gasteiger partial charge in [-0.05, 0) is 26.2 Å². The van der Waals surface area contributed by atoms with Gasteiger partial charge in [-0.25, -0.2) is 9.98 Å². The summed E-state index contributed by atoms with van der Waals surface area (Å²) in [5.74, 6) is 3.38. The van der Waals surface area contributed by atoms with Crippen molar-refractivity contribution in [1.82, 2.24) is 14.5 Å². The van der Waals surface area contributed by atoms with Crippen molar-refractivity contribution in [3.63, 3.8) is 0 Å². The highest BCUT2D eigenvalue weighted by atomic mass is 15.5. The molecule has 1 saturated carbocycles. The summed E-state index contributed by atoms with van der Waals surface area (Å²) in [5, 5.41) is 0. The van der Waals surface area contributed by atoms with Gasteiger partial charge in [0.1, 0.15) is 5.82 Å². The predicted octanol–water partition coefficient (Wildman–Crippen LogP) is 1.27. The molecule has 1 fully saturated rings. The van der Waals surface area contributed by atoms with E-state index in [0.717, 1.165) is 24.1 Å². The maximum Gasteiger partial charge on any atom is 0.203 e. The van der Waals surface area contributed by atoms with Crippen LogP contribution in [-0.2, 0) is 13.6 Å². The Morgan fingerprint density at radius 3 is 2.89 bits per heavy atom. The lowest BCUT2D eigenvalue weighted by Gasteiger charge is -2.35. The van der Waals surface area contributed by atoms with Gasteiger partial charge in [0.25, 0.3) is 0 Å². The normalized spacial score (nSPS) is 29.2. The van der Waals surface area contributed by atoms with Gasteiger partial charge < -0.3 is 9.47 Å². The molecule has 5 nitrogen and oxygen atoms in total. The number of aryl methyl sites for hydroxylation is 1. The Balaban J connectivity index is 1.88. The van der Waals surface area contributed by atoms with Crippen LogP contribution < -0.4 is 4.90 Å². The maximum absolute atomic E-state index is 4.91. The Morgan fingerprint density at radius 1 is 1.22 bits per heavy atom. The van der Waals surface area contributed by atoms with E-state index in [1.54, 1.807) is 0 Å². The summed E-state index contributed by atoms with van der Waals surface area (Å²) in [6.07, 6.45) is 3.79. The van der Waals surface area contributed by atoms with Crippen LogP contribution in [0.15, 0.2) is 4.99 Å². The lowest BCUT2D eigenvalue weighted by Crippen LogP contribution is -2.48. The lowest BCUT2D eigenvalue weighted by atomic mass is 10.1. The van der Waals surface area contributed by atoms with E-state index in [-0.39, 0.29) is 0 Å². The maximum atomic E-state index is 4.91. The molecule has 0 unspecified atom stereocenters. The van der Waals surface area contributed by atoms with Crippen LogP contribution in [0.4, 0.5) is 5.82 Å². The zero-order chi connectivity index (χ0) is 12.4. The Hall–Kier alpha value is -1.52. The van der Waals surface area contributed by atoms with E-state index in [2.05, 4.69) is 35.4 Å². The molecule has 96 valence electrons. The summed E-state index contributed by atoms with van der Waals surface area (Å²) in [7, 11) is 4.25. The summed E-state index contributed by atoms with van der Waals surface area (Å²) in [6, 6.07) is 1.05. The Bertz CT molecular complexity index is 544.